The van der Waals surface area contributed by atoms with Crippen molar-refractivity contribution in [3.05, 3.63) is 61.5 Å². The molecule has 0 nitrogen and oxygen atoms in total. The van der Waals surface area contributed by atoms with Crippen LogP contribution in [0.3, 0.4) is 0 Å². The van der Waals surface area contributed by atoms with Crippen LogP contribution in [-0.2, 0) is 5.75 Å². The molecule has 2 aromatic rings. The lowest BCUT2D eigenvalue weighted by Gasteiger charge is -2.08. The molecule has 0 heterocycles. The first-order valence-electron chi connectivity index (χ1n) is 5.50. The summed E-state index contributed by atoms with van der Waals surface area (Å²) in [6, 6.07) is 9.39. The summed E-state index contributed by atoms with van der Waals surface area (Å²) >= 11 is 25.7. The molecule has 0 atom stereocenters. The molecule has 0 radical (unpaired) electrons. The molecule has 0 bridgehead atoms. The maximum Gasteiger partial charge on any atom is 0.0595 e. The summed E-state index contributed by atoms with van der Waals surface area (Å²) in [5, 5.41) is 2.48. The van der Waals surface area contributed by atoms with Crippen molar-refractivity contribution < 1.29 is 0 Å². The second-order valence-electron chi connectivity index (χ2n) is 4.07. The maximum absolute atomic E-state index is 6.17. The molecule has 0 amide bonds. The van der Waals surface area contributed by atoms with Gasteiger partial charge in [-0.25, -0.2) is 0 Å². The SMILES string of the molecule is Cc1cc(SCc2ccc(Cl)c(Cl)c2)c(Cl)cc1Cl. The number of thioether (sulfide) groups is 1. The smallest absolute Gasteiger partial charge is 0.0595 e. The Bertz CT molecular complexity index is 611. The van der Waals surface area contributed by atoms with Gasteiger partial charge in [0.15, 0.2) is 0 Å². The van der Waals surface area contributed by atoms with Crippen LogP contribution in [0.1, 0.15) is 11.1 Å². The molecule has 0 saturated heterocycles. The van der Waals surface area contributed by atoms with Gasteiger partial charge in [0.05, 0.1) is 15.1 Å². The number of hydrogen-bond donors (Lipinski definition) is 0. The van der Waals surface area contributed by atoms with Crippen LogP contribution >= 0.6 is 58.2 Å². The quantitative estimate of drug-likeness (QED) is 0.542. The molecule has 0 saturated carbocycles. The van der Waals surface area contributed by atoms with Crippen LogP contribution in [0, 0.1) is 6.92 Å². The Labute approximate surface area is 137 Å². The van der Waals surface area contributed by atoms with Gasteiger partial charge in [0.25, 0.3) is 0 Å². The van der Waals surface area contributed by atoms with Crippen LogP contribution in [0.2, 0.25) is 20.1 Å². The monoisotopic (exact) mass is 350 g/mol. The molecule has 0 spiro atoms. The predicted molar refractivity (Wildman–Crippen MR) is 87.2 cm³/mol. The molecule has 0 aliphatic rings. The number of rotatable bonds is 3. The van der Waals surface area contributed by atoms with Crippen molar-refractivity contribution in [2.45, 2.75) is 17.6 Å². The summed E-state index contributed by atoms with van der Waals surface area (Å²) in [6.45, 7) is 1.96. The fraction of sp³-hybridized carbons (Fsp3) is 0.143. The van der Waals surface area contributed by atoms with Crippen LogP contribution in [0.4, 0.5) is 0 Å². The Balaban J connectivity index is 2.14. The highest BCUT2D eigenvalue weighted by molar-refractivity contribution is 7.98. The fourth-order valence-electron chi connectivity index (χ4n) is 1.53. The van der Waals surface area contributed by atoms with Crippen LogP contribution in [0.5, 0.6) is 0 Å². The number of halogens is 4. The molecule has 0 N–H and O–H groups in total. The normalized spacial score (nSPS) is 10.8. The van der Waals surface area contributed by atoms with Gasteiger partial charge in [-0.05, 0) is 42.3 Å². The Kier molecular flexibility index (Phi) is 5.33. The fourth-order valence-corrected chi connectivity index (χ4v) is 3.36. The molecule has 0 aliphatic carbocycles. The molecule has 2 aromatic carbocycles. The summed E-state index contributed by atoms with van der Waals surface area (Å²) < 4.78 is 0. The summed E-state index contributed by atoms with van der Waals surface area (Å²) in [4.78, 5) is 1.01. The highest BCUT2D eigenvalue weighted by Crippen LogP contribution is 2.34. The molecule has 0 aliphatic heterocycles. The predicted octanol–water partition coefficient (Wildman–Crippen LogP) is 6.90. The second kappa shape index (κ2) is 6.60. The third-order valence-corrected chi connectivity index (χ3v) is 5.29. The Hall–Kier alpha value is -0.0500. The lowest BCUT2D eigenvalue weighted by atomic mass is 10.2. The van der Waals surface area contributed by atoms with E-state index in [-0.39, 0.29) is 0 Å². The van der Waals surface area contributed by atoms with E-state index in [1.54, 1.807) is 23.9 Å². The minimum atomic E-state index is 0.566. The van der Waals surface area contributed by atoms with Crippen LogP contribution in [0.15, 0.2) is 35.2 Å². The highest BCUT2D eigenvalue weighted by atomic mass is 35.5. The third kappa shape index (κ3) is 3.96. The summed E-state index contributed by atoms with van der Waals surface area (Å²) in [6.07, 6.45) is 0. The van der Waals surface area contributed by atoms with Gasteiger partial charge in [0.1, 0.15) is 0 Å². The molecular formula is C14H10Cl4S. The van der Waals surface area contributed by atoms with E-state index < -0.39 is 0 Å². The largest absolute Gasteiger partial charge is 0.120 e. The summed E-state index contributed by atoms with van der Waals surface area (Å²) in [7, 11) is 0. The number of hydrogen-bond acceptors (Lipinski definition) is 1. The van der Waals surface area contributed by atoms with Crippen LogP contribution in [-0.4, -0.2) is 0 Å². The number of aryl methyl sites for hydroxylation is 1. The van der Waals surface area contributed by atoms with E-state index in [9.17, 15) is 0 Å². The van der Waals surface area contributed by atoms with Gasteiger partial charge in [-0.2, -0.15) is 0 Å². The maximum atomic E-state index is 6.17. The Morgan fingerprint density at radius 1 is 0.842 bits per heavy atom. The topological polar surface area (TPSA) is 0 Å². The van der Waals surface area contributed by atoms with Gasteiger partial charge in [-0.1, -0.05) is 52.5 Å². The Morgan fingerprint density at radius 3 is 2.26 bits per heavy atom. The van der Waals surface area contributed by atoms with E-state index in [1.807, 2.05) is 25.1 Å². The standard InChI is InChI=1S/C14H10Cl4S/c1-8-4-14(13(18)6-11(8)16)19-7-9-2-3-10(15)12(17)5-9/h2-6H,7H2,1H3. The van der Waals surface area contributed by atoms with Crippen molar-refractivity contribution in [2.75, 3.05) is 0 Å². The second-order valence-corrected chi connectivity index (χ2v) is 6.71. The minimum Gasteiger partial charge on any atom is -0.120 e. The zero-order valence-electron chi connectivity index (χ0n) is 10.0. The molecule has 100 valence electrons. The number of benzene rings is 2. The van der Waals surface area contributed by atoms with Gasteiger partial charge < -0.3 is 0 Å². The average molecular weight is 352 g/mol. The van der Waals surface area contributed by atoms with E-state index in [1.165, 1.54) is 0 Å². The van der Waals surface area contributed by atoms with E-state index in [4.69, 9.17) is 46.4 Å². The first-order chi connectivity index (χ1) is 8.97. The van der Waals surface area contributed by atoms with Gasteiger partial charge in [-0.15, -0.1) is 11.8 Å². The van der Waals surface area contributed by atoms with Crippen molar-refractivity contribution in [3.63, 3.8) is 0 Å². The zero-order valence-corrected chi connectivity index (χ0v) is 13.9. The van der Waals surface area contributed by atoms with Gasteiger partial charge in [0.2, 0.25) is 0 Å². The highest BCUT2D eigenvalue weighted by Gasteiger charge is 2.06. The third-order valence-electron chi connectivity index (χ3n) is 2.59. The molecule has 19 heavy (non-hydrogen) atoms. The van der Waals surface area contributed by atoms with E-state index >= 15 is 0 Å². The van der Waals surface area contributed by atoms with E-state index in [2.05, 4.69) is 0 Å². The summed E-state index contributed by atoms with van der Waals surface area (Å²) in [5.74, 6) is 0.775. The van der Waals surface area contributed by atoms with Crippen molar-refractivity contribution in [3.8, 4) is 0 Å². The molecule has 0 fully saturated rings. The van der Waals surface area contributed by atoms with E-state index in [0.29, 0.717) is 20.1 Å². The van der Waals surface area contributed by atoms with Crippen molar-refractivity contribution in [1.29, 1.82) is 0 Å². The van der Waals surface area contributed by atoms with E-state index in [0.717, 1.165) is 21.8 Å². The average Bonchev–Trinajstić information content (AvgIpc) is 2.36. The van der Waals surface area contributed by atoms with Crippen LogP contribution in [0.25, 0.3) is 0 Å². The van der Waals surface area contributed by atoms with Crippen LogP contribution < -0.4 is 0 Å². The van der Waals surface area contributed by atoms with Crippen molar-refractivity contribution in [1.82, 2.24) is 0 Å². The lowest BCUT2D eigenvalue weighted by molar-refractivity contribution is 1.34. The van der Waals surface area contributed by atoms with Gasteiger partial charge >= 0.3 is 0 Å². The molecule has 0 unspecified atom stereocenters. The lowest BCUT2D eigenvalue weighted by Crippen LogP contribution is -1.84. The first-order valence-corrected chi connectivity index (χ1v) is 7.99. The molecule has 2 rings (SSSR count). The summed E-state index contributed by atoms with van der Waals surface area (Å²) in [5.41, 5.74) is 2.12. The van der Waals surface area contributed by atoms with Crippen molar-refractivity contribution in [2.24, 2.45) is 0 Å². The first kappa shape index (κ1) is 15.3. The zero-order chi connectivity index (χ0) is 14.0. The van der Waals surface area contributed by atoms with Crippen molar-refractivity contribution >= 4 is 58.2 Å². The van der Waals surface area contributed by atoms with Gasteiger partial charge in [0, 0.05) is 15.7 Å². The molecule has 5 heteroatoms. The Morgan fingerprint density at radius 2 is 1.58 bits per heavy atom. The minimum absolute atomic E-state index is 0.566. The molecular weight excluding hydrogens is 342 g/mol. The van der Waals surface area contributed by atoms with Gasteiger partial charge in [-0.3, -0.25) is 0 Å². The molecule has 0 aromatic heterocycles.